The summed E-state index contributed by atoms with van der Waals surface area (Å²) in [5.41, 5.74) is 6.02. The van der Waals surface area contributed by atoms with Gasteiger partial charge in [-0.15, -0.1) is 12.4 Å². The standard InChI is InChI=1S/C12H18N2O3.ClH/c1-8(7-13)12(15)14-10-6-9(16-2)4-5-11(10)17-3;/h4-6,8H,7,13H2,1-3H3,(H,14,15);1H. The van der Waals surface area contributed by atoms with Crippen LogP contribution in [-0.2, 0) is 4.79 Å². The van der Waals surface area contributed by atoms with Gasteiger partial charge in [0, 0.05) is 18.5 Å². The molecule has 0 bridgehead atoms. The number of ether oxygens (including phenoxy) is 2. The number of nitrogens with one attached hydrogen (secondary N) is 1. The summed E-state index contributed by atoms with van der Waals surface area (Å²) < 4.78 is 10.2. The first kappa shape index (κ1) is 16.5. The lowest BCUT2D eigenvalue weighted by Crippen LogP contribution is -2.26. The molecule has 1 aromatic carbocycles. The van der Waals surface area contributed by atoms with E-state index >= 15 is 0 Å². The highest BCUT2D eigenvalue weighted by molar-refractivity contribution is 5.94. The number of benzene rings is 1. The molecule has 1 atom stereocenters. The predicted octanol–water partition coefficient (Wildman–Crippen LogP) is 1.66. The number of methoxy groups -OCH3 is 2. The van der Waals surface area contributed by atoms with Crippen molar-refractivity contribution in [2.24, 2.45) is 11.7 Å². The lowest BCUT2D eigenvalue weighted by atomic mass is 10.1. The zero-order chi connectivity index (χ0) is 12.8. The van der Waals surface area contributed by atoms with Crippen molar-refractivity contribution in [3.63, 3.8) is 0 Å². The lowest BCUT2D eigenvalue weighted by Gasteiger charge is -2.14. The molecule has 1 rings (SSSR count). The first-order valence-corrected chi connectivity index (χ1v) is 5.35. The Morgan fingerprint density at radius 1 is 1.39 bits per heavy atom. The van der Waals surface area contributed by atoms with Crippen LogP contribution in [0.25, 0.3) is 0 Å². The van der Waals surface area contributed by atoms with Crippen LogP contribution < -0.4 is 20.5 Å². The van der Waals surface area contributed by atoms with E-state index in [9.17, 15) is 4.79 Å². The molecule has 102 valence electrons. The van der Waals surface area contributed by atoms with Gasteiger partial charge < -0.3 is 20.5 Å². The van der Waals surface area contributed by atoms with Gasteiger partial charge >= 0.3 is 0 Å². The molecule has 0 spiro atoms. The van der Waals surface area contributed by atoms with Crippen LogP contribution in [0.5, 0.6) is 11.5 Å². The molecule has 1 unspecified atom stereocenters. The molecule has 0 aliphatic heterocycles. The monoisotopic (exact) mass is 274 g/mol. The van der Waals surface area contributed by atoms with Gasteiger partial charge in [0.1, 0.15) is 11.5 Å². The maximum Gasteiger partial charge on any atom is 0.228 e. The van der Waals surface area contributed by atoms with Crippen molar-refractivity contribution in [1.82, 2.24) is 0 Å². The first-order valence-electron chi connectivity index (χ1n) is 5.35. The molecule has 0 heterocycles. The second kappa shape index (κ2) is 7.79. The summed E-state index contributed by atoms with van der Waals surface area (Å²) in [6, 6.07) is 5.21. The van der Waals surface area contributed by atoms with Crippen molar-refractivity contribution in [1.29, 1.82) is 0 Å². The highest BCUT2D eigenvalue weighted by Crippen LogP contribution is 2.29. The third kappa shape index (κ3) is 4.09. The predicted molar refractivity (Wildman–Crippen MR) is 73.6 cm³/mol. The van der Waals surface area contributed by atoms with Gasteiger partial charge in [0.25, 0.3) is 0 Å². The summed E-state index contributed by atoms with van der Waals surface area (Å²) in [6.45, 7) is 2.07. The Morgan fingerprint density at radius 2 is 2.06 bits per heavy atom. The summed E-state index contributed by atoms with van der Waals surface area (Å²) in [5.74, 6) is 0.856. The van der Waals surface area contributed by atoms with Crippen molar-refractivity contribution >= 4 is 24.0 Å². The molecule has 1 amide bonds. The number of anilines is 1. The van der Waals surface area contributed by atoms with Gasteiger partial charge in [-0.05, 0) is 12.1 Å². The second-order valence-electron chi connectivity index (χ2n) is 3.69. The molecular weight excluding hydrogens is 256 g/mol. The summed E-state index contributed by atoms with van der Waals surface area (Å²) >= 11 is 0. The summed E-state index contributed by atoms with van der Waals surface area (Å²) in [7, 11) is 3.11. The number of amides is 1. The van der Waals surface area contributed by atoms with Crippen LogP contribution in [0, 0.1) is 5.92 Å². The molecular formula is C12H19ClN2O3. The zero-order valence-electron chi connectivity index (χ0n) is 10.7. The number of hydrogen-bond acceptors (Lipinski definition) is 4. The fourth-order valence-electron chi connectivity index (χ4n) is 1.27. The van der Waals surface area contributed by atoms with Crippen LogP contribution in [0.2, 0.25) is 0 Å². The SMILES string of the molecule is COc1ccc(OC)c(NC(=O)C(C)CN)c1.Cl. The largest absolute Gasteiger partial charge is 0.497 e. The highest BCUT2D eigenvalue weighted by Gasteiger charge is 2.13. The quantitative estimate of drug-likeness (QED) is 0.856. The molecule has 0 aromatic heterocycles. The average Bonchev–Trinajstić information content (AvgIpc) is 2.37. The van der Waals surface area contributed by atoms with Gasteiger partial charge in [0.2, 0.25) is 5.91 Å². The van der Waals surface area contributed by atoms with E-state index in [0.29, 0.717) is 23.7 Å². The minimum absolute atomic E-state index is 0. The van der Waals surface area contributed by atoms with Gasteiger partial charge in [0.15, 0.2) is 0 Å². The zero-order valence-corrected chi connectivity index (χ0v) is 11.5. The van der Waals surface area contributed by atoms with Gasteiger partial charge in [-0.2, -0.15) is 0 Å². The van der Waals surface area contributed by atoms with Gasteiger partial charge in [-0.1, -0.05) is 6.92 Å². The number of carbonyl (C=O) groups is 1. The van der Waals surface area contributed by atoms with Crippen LogP contribution >= 0.6 is 12.4 Å². The molecule has 0 radical (unpaired) electrons. The van der Waals surface area contributed by atoms with Crippen molar-refractivity contribution in [2.45, 2.75) is 6.92 Å². The summed E-state index contributed by atoms with van der Waals surface area (Å²) in [5, 5.41) is 2.76. The normalized spacial score (nSPS) is 11.1. The van der Waals surface area contributed by atoms with E-state index in [-0.39, 0.29) is 24.2 Å². The minimum Gasteiger partial charge on any atom is -0.497 e. The van der Waals surface area contributed by atoms with E-state index in [1.165, 1.54) is 0 Å². The molecule has 0 saturated heterocycles. The Morgan fingerprint density at radius 3 is 2.56 bits per heavy atom. The van der Waals surface area contributed by atoms with Crippen molar-refractivity contribution < 1.29 is 14.3 Å². The molecule has 3 N–H and O–H groups in total. The summed E-state index contributed by atoms with van der Waals surface area (Å²) in [4.78, 5) is 11.7. The van der Waals surface area contributed by atoms with Crippen molar-refractivity contribution in [3.05, 3.63) is 18.2 Å². The molecule has 1 aromatic rings. The molecule has 5 nitrogen and oxygen atoms in total. The Hall–Kier alpha value is -1.46. The second-order valence-corrected chi connectivity index (χ2v) is 3.69. The third-order valence-corrected chi connectivity index (χ3v) is 2.47. The van der Waals surface area contributed by atoms with Crippen LogP contribution in [0.15, 0.2) is 18.2 Å². The van der Waals surface area contributed by atoms with E-state index < -0.39 is 0 Å². The van der Waals surface area contributed by atoms with Crippen molar-refractivity contribution in [3.8, 4) is 11.5 Å². The molecule has 0 saturated carbocycles. The Labute approximate surface area is 113 Å². The van der Waals surface area contributed by atoms with Crippen LogP contribution in [0.3, 0.4) is 0 Å². The molecule has 18 heavy (non-hydrogen) atoms. The lowest BCUT2D eigenvalue weighted by molar-refractivity contribution is -0.119. The number of hydrogen-bond donors (Lipinski definition) is 2. The fourth-order valence-corrected chi connectivity index (χ4v) is 1.27. The smallest absolute Gasteiger partial charge is 0.228 e. The van der Waals surface area contributed by atoms with Crippen LogP contribution in [0.4, 0.5) is 5.69 Å². The summed E-state index contributed by atoms with van der Waals surface area (Å²) in [6.07, 6.45) is 0. The first-order chi connectivity index (χ1) is 8.12. The Balaban J connectivity index is 0.00000289. The fraction of sp³-hybridized carbons (Fsp3) is 0.417. The third-order valence-electron chi connectivity index (χ3n) is 2.47. The van der Waals surface area contributed by atoms with Gasteiger partial charge in [-0.25, -0.2) is 0 Å². The average molecular weight is 275 g/mol. The van der Waals surface area contributed by atoms with Crippen molar-refractivity contribution in [2.75, 3.05) is 26.1 Å². The highest BCUT2D eigenvalue weighted by atomic mass is 35.5. The van der Waals surface area contributed by atoms with E-state index in [1.54, 1.807) is 39.3 Å². The molecule has 0 aliphatic rings. The van der Waals surface area contributed by atoms with E-state index in [1.807, 2.05) is 0 Å². The molecule has 6 heteroatoms. The number of halogens is 1. The van der Waals surface area contributed by atoms with E-state index in [4.69, 9.17) is 15.2 Å². The molecule has 0 fully saturated rings. The number of rotatable bonds is 5. The maximum atomic E-state index is 11.7. The van der Waals surface area contributed by atoms with E-state index in [0.717, 1.165) is 0 Å². The topological polar surface area (TPSA) is 73.6 Å². The Bertz CT molecular complexity index is 399. The maximum absolute atomic E-state index is 11.7. The number of nitrogens with two attached hydrogens (primary N) is 1. The van der Waals surface area contributed by atoms with Gasteiger partial charge in [0.05, 0.1) is 19.9 Å². The van der Waals surface area contributed by atoms with Crippen LogP contribution in [-0.4, -0.2) is 26.7 Å². The van der Waals surface area contributed by atoms with E-state index in [2.05, 4.69) is 5.32 Å². The number of carbonyl (C=O) groups excluding carboxylic acids is 1. The Kier molecular flexibility index (Phi) is 7.16. The minimum atomic E-state index is -0.245. The van der Waals surface area contributed by atoms with Gasteiger partial charge in [-0.3, -0.25) is 4.79 Å². The van der Waals surface area contributed by atoms with Crippen LogP contribution in [0.1, 0.15) is 6.92 Å². The molecule has 0 aliphatic carbocycles.